The molecule has 0 unspecified atom stereocenters. The second-order valence-electron chi connectivity index (χ2n) is 2.82. The van der Waals surface area contributed by atoms with Gasteiger partial charge in [-0.15, -0.1) is 0 Å². The second-order valence-corrected chi connectivity index (χ2v) is 3.25. The number of rotatable bonds is 3. The van der Waals surface area contributed by atoms with E-state index in [2.05, 4.69) is 10.3 Å². The lowest BCUT2D eigenvalue weighted by atomic mass is 10.2. The van der Waals surface area contributed by atoms with Crippen molar-refractivity contribution in [2.45, 2.75) is 6.92 Å². The molecule has 0 aliphatic rings. The van der Waals surface area contributed by atoms with Gasteiger partial charge < -0.3 is 5.32 Å². The highest BCUT2D eigenvalue weighted by Crippen LogP contribution is 2.12. The third-order valence-electron chi connectivity index (χ3n) is 1.68. The number of pyridine rings is 1. The molecular formula is C10H13ClN2. The fourth-order valence-electron chi connectivity index (χ4n) is 1.01. The van der Waals surface area contributed by atoms with Gasteiger partial charge in [-0.3, -0.25) is 4.98 Å². The van der Waals surface area contributed by atoms with Crippen LogP contribution in [0.4, 0.5) is 0 Å². The van der Waals surface area contributed by atoms with Crippen LogP contribution < -0.4 is 5.32 Å². The van der Waals surface area contributed by atoms with Crippen molar-refractivity contribution in [3.05, 3.63) is 34.6 Å². The maximum Gasteiger partial charge on any atom is 0.0657 e. The molecule has 0 aliphatic carbocycles. The van der Waals surface area contributed by atoms with Crippen molar-refractivity contribution in [2.75, 3.05) is 13.6 Å². The maximum absolute atomic E-state index is 5.78. The minimum atomic E-state index is 0.684. The van der Waals surface area contributed by atoms with Crippen LogP contribution >= 0.6 is 11.6 Å². The first-order valence-electron chi connectivity index (χ1n) is 4.17. The number of aromatic nitrogens is 1. The third kappa shape index (κ3) is 3.17. The van der Waals surface area contributed by atoms with E-state index in [-0.39, 0.29) is 0 Å². The summed E-state index contributed by atoms with van der Waals surface area (Å²) in [5.74, 6) is 0. The molecule has 1 aromatic rings. The summed E-state index contributed by atoms with van der Waals surface area (Å²) < 4.78 is 0. The summed E-state index contributed by atoms with van der Waals surface area (Å²) in [5, 5.41) is 3.71. The number of likely N-dealkylation sites (N-methyl/N-ethyl adjacent to an activating group) is 1. The summed E-state index contributed by atoms with van der Waals surface area (Å²) in [6.45, 7) is 2.85. The summed E-state index contributed by atoms with van der Waals surface area (Å²) >= 11 is 5.78. The zero-order valence-electron chi connectivity index (χ0n) is 7.84. The lowest BCUT2D eigenvalue weighted by Crippen LogP contribution is -2.03. The van der Waals surface area contributed by atoms with Crippen LogP contribution in [0.2, 0.25) is 5.02 Å². The fourth-order valence-corrected chi connectivity index (χ4v) is 1.23. The lowest BCUT2D eigenvalue weighted by Gasteiger charge is -1.99. The highest BCUT2D eigenvalue weighted by molar-refractivity contribution is 6.30. The Morgan fingerprint density at radius 3 is 3.00 bits per heavy atom. The summed E-state index contributed by atoms with van der Waals surface area (Å²) in [5.41, 5.74) is 2.07. The Hall–Kier alpha value is -0.860. The van der Waals surface area contributed by atoms with E-state index in [4.69, 9.17) is 11.6 Å². The summed E-state index contributed by atoms with van der Waals surface area (Å²) in [7, 11) is 1.91. The zero-order valence-corrected chi connectivity index (χ0v) is 8.60. The molecule has 0 aromatic carbocycles. The van der Waals surface area contributed by atoms with Crippen molar-refractivity contribution in [1.82, 2.24) is 10.3 Å². The van der Waals surface area contributed by atoms with Crippen LogP contribution in [0.1, 0.15) is 11.3 Å². The van der Waals surface area contributed by atoms with E-state index in [9.17, 15) is 0 Å². The number of nitrogens with one attached hydrogen (secondary N) is 1. The predicted molar refractivity (Wildman–Crippen MR) is 56.9 cm³/mol. The van der Waals surface area contributed by atoms with E-state index >= 15 is 0 Å². The van der Waals surface area contributed by atoms with E-state index in [0.717, 1.165) is 17.8 Å². The fraction of sp³-hybridized carbons (Fsp3) is 0.300. The van der Waals surface area contributed by atoms with Gasteiger partial charge in [0.2, 0.25) is 0 Å². The van der Waals surface area contributed by atoms with Gasteiger partial charge in [0, 0.05) is 12.7 Å². The molecule has 70 valence electrons. The molecule has 0 saturated carbocycles. The van der Waals surface area contributed by atoms with Crippen LogP contribution in [-0.2, 0) is 0 Å². The van der Waals surface area contributed by atoms with Gasteiger partial charge in [0.15, 0.2) is 0 Å². The summed E-state index contributed by atoms with van der Waals surface area (Å²) in [4.78, 5) is 4.20. The molecule has 1 aromatic heterocycles. The molecule has 2 nitrogen and oxygen atoms in total. The Kier molecular flexibility index (Phi) is 3.93. The molecule has 0 amide bonds. The van der Waals surface area contributed by atoms with E-state index < -0.39 is 0 Å². The lowest BCUT2D eigenvalue weighted by molar-refractivity contribution is 0.922. The first-order valence-corrected chi connectivity index (χ1v) is 4.55. The molecule has 0 atom stereocenters. The van der Waals surface area contributed by atoms with E-state index in [0.29, 0.717) is 5.02 Å². The molecule has 1 rings (SSSR count). The van der Waals surface area contributed by atoms with Crippen molar-refractivity contribution in [1.29, 1.82) is 0 Å². The van der Waals surface area contributed by atoms with Gasteiger partial charge in [0.1, 0.15) is 0 Å². The van der Waals surface area contributed by atoms with E-state index in [1.807, 2.05) is 32.2 Å². The molecule has 0 saturated heterocycles. The average Bonchev–Trinajstić information content (AvgIpc) is 2.09. The van der Waals surface area contributed by atoms with Gasteiger partial charge in [-0.2, -0.15) is 0 Å². The Bertz CT molecular complexity index is 308. The highest BCUT2D eigenvalue weighted by Gasteiger charge is 1.95. The summed E-state index contributed by atoms with van der Waals surface area (Å²) in [6.07, 6.45) is 5.68. The van der Waals surface area contributed by atoms with Gasteiger partial charge >= 0.3 is 0 Å². The van der Waals surface area contributed by atoms with Gasteiger partial charge in [0.25, 0.3) is 0 Å². The van der Waals surface area contributed by atoms with E-state index in [1.54, 1.807) is 6.20 Å². The van der Waals surface area contributed by atoms with Crippen molar-refractivity contribution in [3.63, 3.8) is 0 Å². The van der Waals surface area contributed by atoms with Crippen molar-refractivity contribution < 1.29 is 0 Å². The molecule has 0 bridgehead atoms. The van der Waals surface area contributed by atoms with Gasteiger partial charge in [-0.25, -0.2) is 0 Å². The Morgan fingerprint density at radius 1 is 1.62 bits per heavy atom. The van der Waals surface area contributed by atoms with Crippen LogP contribution in [0, 0.1) is 6.92 Å². The SMILES string of the molecule is CNCC=Cc1ncc(Cl)cc1C. The van der Waals surface area contributed by atoms with Gasteiger partial charge in [0.05, 0.1) is 10.7 Å². The third-order valence-corrected chi connectivity index (χ3v) is 1.89. The van der Waals surface area contributed by atoms with Crippen LogP contribution in [-0.4, -0.2) is 18.6 Å². The topological polar surface area (TPSA) is 24.9 Å². The average molecular weight is 197 g/mol. The standard InChI is InChI=1S/C10H13ClN2/c1-8-6-9(11)7-13-10(8)4-3-5-12-2/h3-4,6-7,12H,5H2,1-2H3. The van der Waals surface area contributed by atoms with Crippen LogP contribution in [0.3, 0.4) is 0 Å². The monoisotopic (exact) mass is 196 g/mol. The van der Waals surface area contributed by atoms with Crippen LogP contribution in [0.25, 0.3) is 6.08 Å². The number of aryl methyl sites for hydroxylation is 1. The van der Waals surface area contributed by atoms with Crippen molar-refractivity contribution >= 4 is 17.7 Å². The highest BCUT2D eigenvalue weighted by atomic mass is 35.5. The Balaban J connectivity index is 2.77. The molecular weight excluding hydrogens is 184 g/mol. The number of hydrogen-bond donors (Lipinski definition) is 1. The minimum Gasteiger partial charge on any atom is -0.316 e. The number of hydrogen-bond acceptors (Lipinski definition) is 2. The molecule has 1 N–H and O–H groups in total. The molecule has 0 fully saturated rings. The van der Waals surface area contributed by atoms with Gasteiger partial charge in [-0.1, -0.05) is 17.7 Å². The minimum absolute atomic E-state index is 0.684. The van der Waals surface area contributed by atoms with Crippen molar-refractivity contribution in [3.8, 4) is 0 Å². The zero-order chi connectivity index (χ0) is 9.68. The summed E-state index contributed by atoms with van der Waals surface area (Å²) in [6, 6.07) is 1.91. The second kappa shape index (κ2) is 5.00. The predicted octanol–water partition coefficient (Wildman–Crippen LogP) is 2.28. The van der Waals surface area contributed by atoms with Crippen molar-refractivity contribution in [2.24, 2.45) is 0 Å². The normalized spacial score (nSPS) is 11.0. The largest absolute Gasteiger partial charge is 0.316 e. The molecule has 13 heavy (non-hydrogen) atoms. The van der Waals surface area contributed by atoms with Crippen LogP contribution in [0.15, 0.2) is 18.3 Å². The molecule has 3 heteroatoms. The number of halogens is 1. The van der Waals surface area contributed by atoms with Crippen LogP contribution in [0.5, 0.6) is 0 Å². The molecule has 0 aliphatic heterocycles. The maximum atomic E-state index is 5.78. The Morgan fingerprint density at radius 2 is 2.38 bits per heavy atom. The first-order chi connectivity index (χ1) is 6.24. The molecule has 0 spiro atoms. The smallest absolute Gasteiger partial charge is 0.0657 e. The number of nitrogens with zero attached hydrogens (tertiary/aromatic N) is 1. The Labute approximate surface area is 83.6 Å². The van der Waals surface area contributed by atoms with E-state index in [1.165, 1.54) is 0 Å². The molecule has 1 heterocycles. The quantitative estimate of drug-likeness (QED) is 0.803. The molecule has 0 radical (unpaired) electrons. The first kappa shape index (κ1) is 10.2. The van der Waals surface area contributed by atoms with Gasteiger partial charge in [-0.05, 0) is 31.7 Å².